The van der Waals surface area contributed by atoms with Crippen LogP contribution in [0.1, 0.15) is 26.3 Å². The normalized spacial score (nSPS) is 9.95. The molecule has 0 aliphatic heterocycles. The van der Waals surface area contributed by atoms with Crippen molar-refractivity contribution in [1.29, 1.82) is 5.26 Å². The number of carboxylic acids is 2. The Morgan fingerprint density at radius 2 is 1.73 bits per heavy atom. The van der Waals surface area contributed by atoms with Crippen LogP contribution in [-0.4, -0.2) is 27.1 Å². The topological polar surface area (TPSA) is 157 Å². The number of rotatable bonds is 3. The van der Waals surface area contributed by atoms with Gasteiger partial charge in [0.25, 0.3) is 5.56 Å². The maximum atomic E-state index is 11.9. The van der Waals surface area contributed by atoms with Crippen LogP contribution in [0.15, 0.2) is 29.1 Å². The van der Waals surface area contributed by atoms with E-state index in [-0.39, 0.29) is 11.1 Å². The lowest BCUT2D eigenvalue weighted by atomic mass is 9.92. The van der Waals surface area contributed by atoms with E-state index in [0.29, 0.717) is 0 Å². The third kappa shape index (κ3) is 2.27. The summed E-state index contributed by atoms with van der Waals surface area (Å²) in [6, 6.07) is 7.58. The van der Waals surface area contributed by atoms with Crippen LogP contribution >= 0.6 is 0 Å². The number of benzene rings is 1. The van der Waals surface area contributed by atoms with Crippen LogP contribution in [0.2, 0.25) is 0 Å². The number of aromatic carboxylic acids is 2. The number of carbonyl (C=O) groups is 2. The third-order valence-corrected chi connectivity index (χ3v) is 2.99. The van der Waals surface area contributed by atoms with Crippen molar-refractivity contribution in [3.05, 3.63) is 51.3 Å². The summed E-state index contributed by atoms with van der Waals surface area (Å²) in [4.78, 5) is 36.6. The molecule has 2 rings (SSSR count). The predicted octanol–water partition coefficient (Wildman–Crippen LogP) is 0.892. The Bertz CT molecular complexity index is 892. The highest BCUT2D eigenvalue weighted by Crippen LogP contribution is 2.31. The van der Waals surface area contributed by atoms with Crippen LogP contribution in [0.4, 0.5) is 5.82 Å². The zero-order valence-electron chi connectivity index (χ0n) is 11.0. The molecule has 22 heavy (non-hydrogen) atoms. The quantitative estimate of drug-likeness (QED) is 0.655. The number of nitrogen functional groups attached to an aromatic ring is 1. The van der Waals surface area contributed by atoms with Gasteiger partial charge in [-0.25, -0.2) is 9.59 Å². The van der Waals surface area contributed by atoms with Crippen molar-refractivity contribution in [2.45, 2.75) is 0 Å². The predicted molar refractivity (Wildman–Crippen MR) is 75.5 cm³/mol. The van der Waals surface area contributed by atoms with Gasteiger partial charge in [0.15, 0.2) is 0 Å². The number of pyridine rings is 1. The molecule has 1 aromatic heterocycles. The standard InChI is InChI=1S/C14H9N3O5/c15-5-6-3-1-2-4-7(6)8-9(13(19)20)11(16)17-12(18)10(8)14(21)22/h1-4H,(H,19,20)(H,21,22)(H3,16,17,18). The highest BCUT2D eigenvalue weighted by Gasteiger charge is 2.27. The van der Waals surface area contributed by atoms with E-state index in [0.717, 1.165) is 0 Å². The van der Waals surface area contributed by atoms with Crippen LogP contribution in [0.3, 0.4) is 0 Å². The fourth-order valence-corrected chi connectivity index (χ4v) is 2.11. The van der Waals surface area contributed by atoms with Crippen LogP contribution in [-0.2, 0) is 0 Å². The molecule has 0 atom stereocenters. The highest BCUT2D eigenvalue weighted by molar-refractivity contribution is 6.07. The van der Waals surface area contributed by atoms with Gasteiger partial charge in [0.05, 0.1) is 11.6 Å². The molecule has 0 unspecified atom stereocenters. The molecular weight excluding hydrogens is 290 g/mol. The van der Waals surface area contributed by atoms with Crippen molar-refractivity contribution < 1.29 is 19.8 Å². The van der Waals surface area contributed by atoms with E-state index in [1.165, 1.54) is 24.3 Å². The Labute approximate surface area is 123 Å². The van der Waals surface area contributed by atoms with Gasteiger partial charge >= 0.3 is 11.9 Å². The van der Waals surface area contributed by atoms with Crippen molar-refractivity contribution in [1.82, 2.24) is 4.98 Å². The van der Waals surface area contributed by atoms with Gasteiger partial charge in [0, 0.05) is 11.1 Å². The number of nitrogens with zero attached hydrogens (tertiary/aromatic N) is 1. The van der Waals surface area contributed by atoms with E-state index in [9.17, 15) is 24.6 Å². The SMILES string of the molecule is N#Cc1ccccc1-c1c(C(=O)O)c(N)[nH]c(=O)c1C(=O)O. The molecule has 1 aromatic carbocycles. The molecule has 5 N–H and O–H groups in total. The largest absolute Gasteiger partial charge is 0.478 e. The number of aromatic nitrogens is 1. The first kappa shape index (κ1) is 14.8. The molecular formula is C14H9N3O5. The van der Waals surface area contributed by atoms with Gasteiger partial charge in [-0.05, 0) is 6.07 Å². The molecule has 0 spiro atoms. The maximum absolute atomic E-state index is 11.9. The number of nitrogens with two attached hydrogens (primary N) is 1. The number of anilines is 1. The first-order valence-electron chi connectivity index (χ1n) is 5.90. The molecule has 0 aliphatic rings. The van der Waals surface area contributed by atoms with E-state index < -0.39 is 40.0 Å². The first-order valence-corrected chi connectivity index (χ1v) is 5.90. The molecule has 8 heteroatoms. The number of nitriles is 1. The maximum Gasteiger partial charge on any atom is 0.342 e. The van der Waals surface area contributed by atoms with Gasteiger partial charge in [-0.1, -0.05) is 18.2 Å². The summed E-state index contributed by atoms with van der Waals surface area (Å²) in [6.07, 6.45) is 0. The second kappa shape index (κ2) is 5.41. The van der Waals surface area contributed by atoms with Crippen LogP contribution < -0.4 is 11.3 Å². The number of hydrogen-bond donors (Lipinski definition) is 4. The monoisotopic (exact) mass is 299 g/mol. The van der Waals surface area contributed by atoms with Gasteiger partial charge in [0.2, 0.25) is 0 Å². The Morgan fingerprint density at radius 3 is 2.27 bits per heavy atom. The molecule has 0 bridgehead atoms. The van der Waals surface area contributed by atoms with Gasteiger partial charge in [-0.15, -0.1) is 0 Å². The third-order valence-electron chi connectivity index (χ3n) is 2.99. The fraction of sp³-hybridized carbons (Fsp3) is 0. The minimum Gasteiger partial charge on any atom is -0.478 e. The molecule has 0 fully saturated rings. The van der Waals surface area contributed by atoms with Crippen molar-refractivity contribution in [3.63, 3.8) is 0 Å². The van der Waals surface area contributed by atoms with E-state index in [1.54, 1.807) is 0 Å². The number of nitrogens with one attached hydrogen (secondary N) is 1. The smallest absolute Gasteiger partial charge is 0.342 e. The van der Waals surface area contributed by atoms with Gasteiger partial charge < -0.3 is 20.9 Å². The van der Waals surface area contributed by atoms with Gasteiger partial charge in [0.1, 0.15) is 16.9 Å². The Balaban J connectivity index is 3.07. The Hall–Kier alpha value is -3.60. The first-order chi connectivity index (χ1) is 10.4. The number of carboxylic acid groups (broad SMARTS) is 2. The second-order valence-corrected chi connectivity index (χ2v) is 4.26. The summed E-state index contributed by atoms with van der Waals surface area (Å²) in [6.45, 7) is 0. The summed E-state index contributed by atoms with van der Waals surface area (Å²) in [5.41, 5.74) is 2.76. The lowest BCUT2D eigenvalue weighted by Gasteiger charge is -2.12. The van der Waals surface area contributed by atoms with Crippen molar-refractivity contribution >= 4 is 17.8 Å². The second-order valence-electron chi connectivity index (χ2n) is 4.26. The Kier molecular flexibility index (Phi) is 3.64. The molecule has 0 radical (unpaired) electrons. The summed E-state index contributed by atoms with van der Waals surface area (Å²) >= 11 is 0. The summed E-state index contributed by atoms with van der Waals surface area (Å²) in [5, 5.41) is 27.6. The minimum atomic E-state index is -1.62. The zero-order valence-corrected chi connectivity index (χ0v) is 11.0. The zero-order chi connectivity index (χ0) is 16.4. The number of H-pyrrole nitrogens is 1. The van der Waals surface area contributed by atoms with E-state index in [4.69, 9.17) is 11.0 Å². The van der Waals surface area contributed by atoms with E-state index in [2.05, 4.69) is 0 Å². The molecule has 0 saturated heterocycles. The minimum absolute atomic E-state index is 0.0117. The highest BCUT2D eigenvalue weighted by atomic mass is 16.4. The molecule has 110 valence electrons. The van der Waals surface area contributed by atoms with Crippen LogP contribution in [0.5, 0.6) is 0 Å². The lowest BCUT2D eigenvalue weighted by Crippen LogP contribution is -2.24. The average Bonchev–Trinajstić information content (AvgIpc) is 2.45. The van der Waals surface area contributed by atoms with E-state index >= 15 is 0 Å². The van der Waals surface area contributed by atoms with Crippen molar-refractivity contribution in [3.8, 4) is 17.2 Å². The summed E-state index contributed by atoms with van der Waals surface area (Å²) in [7, 11) is 0. The van der Waals surface area contributed by atoms with E-state index in [1.807, 2.05) is 11.1 Å². The van der Waals surface area contributed by atoms with Crippen LogP contribution in [0.25, 0.3) is 11.1 Å². The molecule has 1 heterocycles. The number of aromatic amines is 1. The van der Waals surface area contributed by atoms with Crippen molar-refractivity contribution in [2.24, 2.45) is 0 Å². The number of hydrogen-bond acceptors (Lipinski definition) is 5. The van der Waals surface area contributed by atoms with Gasteiger partial charge in [-0.2, -0.15) is 5.26 Å². The molecule has 0 saturated carbocycles. The summed E-state index contributed by atoms with van der Waals surface area (Å²) < 4.78 is 0. The molecule has 0 amide bonds. The van der Waals surface area contributed by atoms with Gasteiger partial charge in [-0.3, -0.25) is 4.79 Å². The van der Waals surface area contributed by atoms with Crippen molar-refractivity contribution in [2.75, 3.05) is 5.73 Å². The molecule has 8 nitrogen and oxygen atoms in total. The Morgan fingerprint density at radius 1 is 1.14 bits per heavy atom. The molecule has 0 aliphatic carbocycles. The van der Waals surface area contributed by atoms with Crippen LogP contribution in [0, 0.1) is 11.3 Å². The fourth-order valence-electron chi connectivity index (χ4n) is 2.11. The lowest BCUT2D eigenvalue weighted by molar-refractivity contribution is 0.0695. The summed E-state index contributed by atoms with van der Waals surface area (Å²) in [5.74, 6) is -3.62. The molecule has 2 aromatic rings. The average molecular weight is 299 g/mol.